The Labute approximate surface area is 122 Å². The van der Waals surface area contributed by atoms with Gasteiger partial charge in [-0.1, -0.05) is 5.16 Å². The molecule has 2 aromatic rings. The molecular formula is C14H18N4O3. The fourth-order valence-corrected chi connectivity index (χ4v) is 1.68. The van der Waals surface area contributed by atoms with Gasteiger partial charge in [0, 0.05) is 32.5 Å². The van der Waals surface area contributed by atoms with Gasteiger partial charge in [0.25, 0.3) is 5.91 Å². The van der Waals surface area contributed by atoms with Crippen molar-refractivity contribution in [3.8, 4) is 0 Å². The first-order valence-corrected chi connectivity index (χ1v) is 6.62. The van der Waals surface area contributed by atoms with Gasteiger partial charge in [-0.2, -0.15) is 0 Å². The third-order valence-corrected chi connectivity index (χ3v) is 2.72. The molecule has 21 heavy (non-hydrogen) atoms. The molecular weight excluding hydrogens is 272 g/mol. The number of ether oxygens (including phenoxy) is 1. The smallest absolute Gasteiger partial charge is 0.252 e. The summed E-state index contributed by atoms with van der Waals surface area (Å²) in [6, 6.07) is 5.18. The Kier molecular flexibility index (Phi) is 5.28. The van der Waals surface area contributed by atoms with Crippen molar-refractivity contribution < 1.29 is 14.1 Å². The number of aromatic nitrogens is 2. The van der Waals surface area contributed by atoms with E-state index in [0.29, 0.717) is 36.1 Å². The van der Waals surface area contributed by atoms with Crippen molar-refractivity contribution in [1.82, 2.24) is 15.5 Å². The van der Waals surface area contributed by atoms with Gasteiger partial charge in [0.1, 0.15) is 11.6 Å². The van der Waals surface area contributed by atoms with Crippen LogP contribution in [0.25, 0.3) is 0 Å². The highest BCUT2D eigenvalue weighted by molar-refractivity contribution is 5.94. The van der Waals surface area contributed by atoms with Crippen molar-refractivity contribution in [2.24, 2.45) is 0 Å². The van der Waals surface area contributed by atoms with Crippen molar-refractivity contribution in [2.75, 3.05) is 25.6 Å². The minimum absolute atomic E-state index is 0.151. The predicted molar refractivity (Wildman–Crippen MR) is 77.6 cm³/mol. The Morgan fingerprint density at radius 2 is 2.24 bits per heavy atom. The van der Waals surface area contributed by atoms with Crippen LogP contribution in [0.1, 0.15) is 22.5 Å². The lowest BCUT2D eigenvalue weighted by atomic mass is 10.2. The molecule has 0 aliphatic heterocycles. The summed E-state index contributed by atoms with van der Waals surface area (Å²) in [6.45, 7) is 3.01. The van der Waals surface area contributed by atoms with Gasteiger partial charge in [-0.25, -0.2) is 4.98 Å². The predicted octanol–water partition coefficient (Wildman–Crippen LogP) is 1.89. The summed E-state index contributed by atoms with van der Waals surface area (Å²) in [5.41, 5.74) is 0.509. The molecule has 0 bridgehead atoms. The average Bonchev–Trinajstić information content (AvgIpc) is 2.89. The molecule has 0 aliphatic rings. The van der Waals surface area contributed by atoms with Gasteiger partial charge in [-0.15, -0.1) is 0 Å². The van der Waals surface area contributed by atoms with Crippen molar-refractivity contribution in [3.05, 3.63) is 35.7 Å². The molecule has 2 rings (SSSR count). The molecule has 2 aromatic heterocycles. The SMILES string of the molecule is COCCCNC(=O)c1ccc(Nc2cc(C)on2)nc1. The molecule has 7 heteroatoms. The highest BCUT2D eigenvalue weighted by Gasteiger charge is 2.06. The van der Waals surface area contributed by atoms with Crippen LogP contribution >= 0.6 is 0 Å². The maximum atomic E-state index is 11.8. The molecule has 0 aliphatic carbocycles. The molecule has 0 saturated carbocycles. The molecule has 2 N–H and O–H groups in total. The van der Waals surface area contributed by atoms with Gasteiger partial charge in [0.05, 0.1) is 5.56 Å². The number of hydrogen-bond donors (Lipinski definition) is 2. The van der Waals surface area contributed by atoms with Crippen LogP contribution in [0.3, 0.4) is 0 Å². The minimum atomic E-state index is -0.151. The van der Waals surface area contributed by atoms with E-state index in [-0.39, 0.29) is 5.91 Å². The van der Waals surface area contributed by atoms with Gasteiger partial charge in [-0.3, -0.25) is 4.79 Å². The number of aryl methyl sites for hydroxylation is 1. The average molecular weight is 290 g/mol. The number of anilines is 2. The maximum absolute atomic E-state index is 11.8. The number of carbonyl (C=O) groups is 1. The van der Waals surface area contributed by atoms with E-state index in [2.05, 4.69) is 20.8 Å². The summed E-state index contributed by atoms with van der Waals surface area (Å²) in [5.74, 6) is 1.74. The molecule has 0 fully saturated rings. The maximum Gasteiger partial charge on any atom is 0.252 e. The molecule has 0 unspecified atom stereocenters. The van der Waals surface area contributed by atoms with Crippen LogP contribution in [0.5, 0.6) is 0 Å². The number of carbonyl (C=O) groups excluding carboxylic acids is 1. The zero-order chi connectivity index (χ0) is 15.1. The topological polar surface area (TPSA) is 89.3 Å². The van der Waals surface area contributed by atoms with E-state index < -0.39 is 0 Å². The Hall–Kier alpha value is -2.41. The lowest BCUT2D eigenvalue weighted by molar-refractivity contribution is 0.0948. The second-order valence-corrected chi connectivity index (χ2v) is 4.48. The zero-order valence-corrected chi connectivity index (χ0v) is 12.0. The summed E-state index contributed by atoms with van der Waals surface area (Å²) >= 11 is 0. The fourth-order valence-electron chi connectivity index (χ4n) is 1.68. The second-order valence-electron chi connectivity index (χ2n) is 4.48. The van der Waals surface area contributed by atoms with Crippen LogP contribution < -0.4 is 10.6 Å². The third-order valence-electron chi connectivity index (χ3n) is 2.72. The van der Waals surface area contributed by atoms with E-state index in [1.807, 2.05) is 6.92 Å². The number of methoxy groups -OCH3 is 1. The van der Waals surface area contributed by atoms with Gasteiger partial charge in [0.2, 0.25) is 0 Å². The molecule has 0 atom stereocenters. The Morgan fingerprint density at radius 1 is 1.38 bits per heavy atom. The van der Waals surface area contributed by atoms with Crippen molar-refractivity contribution in [1.29, 1.82) is 0 Å². The molecule has 2 heterocycles. The Bertz CT molecular complexity index is 580. The van der Waals surface area contributed by atoms with Crippen LogP contribution in [0.4, 0.5) is 11.6 Å². The Morgan fingerprint density at radius 3 is 2.86 bits per heavy atom. The minimum Gasteiger partial charge on any atom is -0.385 e. The normalized spacial score (nSPS) is 10.4. The van der Waals surface area contributed by atoms with Crippen LogP contribution in [-0.4, -0.2) is 36.3 Å². The third kappa shape index (κ3) is 4.57. The van der Waals surface area contributed by atoms with Crippen molar-refractivity contribution in [2.45, 2.75) is 13.3 Å². The summed E-state index contributed by atoms with van der Waals surface area (Å²) in [5, 5.41) is 9.60. The number of nitrogens with one attached hydrogen (secondary N) is 2. The first kappa shape index (κ1) is 15.0. The highest BCUT2D eigenvalue weighted by atomic mass is 16.5. The van der Waals surface area contributed by atoms with Crippen molar-refractivity contribution in [3.63, 3.8) is 0 Å². The van der Waals surface area contributed by atoms with Crippen LogP contribution in [0.15, 0.2) is 28.9 Å². The van der Waals surface area contributed by atoms with Gasteiger partial charge in [0.15, 0.2) is 5.82 Å². The van der Waals surface area contributed by atoms with Gasteiger partial charge < -0.3 is 19.9 Å². The Balaban J connectivity index is 1.87. The lowest BCUT2D eigenvalue weighted by Crippen LogP contribution is -2.25. The number of pyridine rings is 1. The molecule has 1 amide bonds. The fraction of sp³-hybridized carbons (Fsp3) is 0.357. The summed E-state index contributed by atoms with van der Waals surface area (Å²) in [7, 11) is 1.63. The first-order valence-electron chi connectivity index (χ1n) is 6.62. The number of nitrogens with zero attached hydrogens (tertiary/aromatic N) is 2. The second kappa shape index (κ2) is 7.39. The number of rotatable bonds is 7. The van der Waals surface area contributed by atoms with E-state index in [1.165, 1.54) is 6.20 Å². The van der Waals surface area contributed by atoms with Crippen LogP contribution in [-0.2, 0) is 4.74 Å². The van der Waals surface area contributed by atoms with E-state index in [0.717, 1.165) is 6.42 Å². The van der Waals surface area contributed by atoms with E-state index >= 15 is 0 Å². The molecule has 0 radical (unpaired) electrons. The molecule has 7 nitrogen and oxygen atoms in total. The van der Waals surface area contributed by atoms with E-state index in [9.17, 15) is 4.79 Å². The summed E-state index contributed by atoms with van der Waals surface area (Å²) < 4.78 is 9.87. The van der Waals surface area contributed by atoms with Crippen molar-refractivity contribution >= 4 is 17.5 Å². The zero-order valence-electron chi connectivity index (χ0n) is 12.0. The standard InChI is InChI=1S/C14H18N4O3/c1-10-8-13(18-21-10)17-12-5-4-11(9-16-12)14(19)15-6-3-7-20-2/h4-5,8-9H,3,6-7H2,1-2H3,(H,15,19)(H,16,17,18). The largest absolute Gasteiger partial charge is 0.385 e. The summed E-state index contributed by atoms with van der Waals surface area (Å²) in [6.07, 6.45) is 2.29. The van der Waals surface area contributed by atoms with Gasteiger partial charge >= 0.3 is 0 Å². The van der Waals surface area contributed by atoms with Gasteiger partial charge in [-0.05, 0) is 25.5 Å². The lowest BCUT2D eigenvalue weighted by Gasteiger charge is -2.05. The number of hydrogen-bond acceptors (Lipinski definition) is 6. The number of amides is 1. The van der Waals surface area contributed by atoms with E-state index in [4.69, 9.17) is 9.26 Å². The van der Waals surface area contributed by atoms with E-state index in [1.54, 1.807) is 25.3 Å². The quantitative estimate of drug-likeness (QED) is 0.757. The monoisotopic (exact) mass is 290 g/mol. The van der Waals surface area contributed by atoms with Crippen LogP contribution in [0.2, 0.25) is 0 Å². The van der Waals surface area contributed by atoms with Crippen LogP contribution in [0, 0.1) is 6.92 Å². The summed E-state index contributed by atoms with van der Waals surface area (Å²) in [4.78, 5) is 16.0. The molecule has 112 valence electrons. The molecule has 0 aromatic carbocycles. The first-order chi connectivity index (χ1) is 10.2. The highest BCUT2D eigenvalue weighted by Crippen LogP contribution is 2.14. The molecule has 0 saturated heterocycles. The molecule has 0 spiro atoms.